The average molecular weight is 248 g/mol. The molecule has 0 aromatic rings. The molecule has 1 heterocycles. The monoisotopic (exact) mass is 248 g/mol. The zero-order chi connectivity index (χ0) is 12.6. The van der Waals surface area contributed by atoms with Crippen molar-refractivity contribution in [3.63, 3.8) is 0 Å². The molecule has 1 saturated heterocycles. The van der Waals surface area contributed by atoms with Gasteiger partial charge in [-0.2, -0.15) is 5.26 Å². The largest absolute Gasteiger partial charge is 0.312 e. The third-order valence-corrected chi connectivity index (χ3v) is 4.68. The minimum Gasteiger partial charge on any atom is -0.312 e. The van der Waals surface area contributed by atoms with Crippen molar-refractivity contribution in [1.29, 1.82) is 5.26 Å². The molecule has 1 unspecified atom stereocenters. The number of hydrogen-bond acceptors (Lipinski definition) is 4. The van der Waals surface area contributed by atoms with Gasteiger partial charge < -0.3 is 10.6 Å². The first kappa shape index (κ1) is 12.4. The van der Waals surface area contributed by atoms with Gasteiger partial charge in [-0.05, 0) is 37.5 Å². The van der Waals surface area contributed by atoms with Crippen molar-refractivity contribution in [2.45, 2.75) is 31.2 Å². The van der Waals surface area contributed by atoms with E-state index in [4.69, 9.17) is 5.73 Å². The number of nitrogens with two attached hydrogens (primary N) is 1. The van der Waals surface area contributed by atoms with Gasteiger partial charge in [0, 0.05) is 39.3 Å². The average Bonchev–Trinajstić information content (AvgIpc) is 3.24. The van der Waals surface area contributed by atoms with Crippen LogP contribution in [0.25, 0.3) is 0 Å². The van der Waals surface area contributed by atoms with E-state index in [0.717, 1.165) is 51.5 Å². The van der Waals surface area contributed by atoms with Crippen molar-refractivity contribution in [3.05, 3.63) is 0 Å². The summed E-state index contributed by atoms with van der Waals surface area (Å²) in [4.78, 5) is 4.97. The highest BCUT2D eigenvalue weighted by Crippen LogP contribution is 2.38. The first-order valence-electron chi connectivity index (χ1n) is 7.34. The number of piperazine rings is 1. The predicted octanol–water partition coefficient (Wildman–Crippen LogP) is 0.645. The standard InChI is InChI=1S/C14H24N4/c15-10-14(16,13-3-4-13)11-18-7-5-17(6-8-18)9-12-1-2-12/h12-13H,1-9,11,16H2. The predicted molar refractivity (Wildman–Crippen MR) is 70.9 cm³/mol. The number of nitrogens with zero attached hydrogens (tertiary/aromatic N) is 3. The zero-order valence-corrected chi connectivity index (χ0v) is 11.1. The smallest absolute Gasteiger partial charge is 0.119 e. The van der Waals surface area contributed by atoms with Crippen molar-refractivity contribution in [3.8, 4) is 6.07 Å². The Bertz CT molecular complexity index is 334. The van der Waals surface area contributed by atoms with Crippen LogP contribution in [0.4, 0.5) is 0 Å². The van der Waals surface area contributed by atoms with Crippen LogP contribution in [0.2, 0.25) is 0 Å². The van der Waals surface area contributed by atoms with Crippen LogP contribution in [0.1, 0.15) is 25.7 Å². The highest BCUT2D eigenvalue weighted by Gasteiger charge is 2.44. The van der Waals surface area contributed by atoms with Crippen LogP contribution in [0.15, 0.2) is 0 Å². The maximum Gasteiger partial charge on any atom is 0.119 e. The van der Waals surface area contributed by atoms with Crippen LogP contribution in [0.5, 0.6) is 0 Å². The molecule has 0 aromatic heterocycles. The van der Waals surface area contributed by atoms with E-state index in [2.05, 4.69) is 15.9 Å². The van der Waals surface area contributed by atoms with Gasteiger partial charge in [0.2, 0.25) is 0 Å². The van der Waals surface area contributed by atoms with E-state index in [0.29, 0.717) is 5.92 Å². The molecule has 1 aliphatic heterocycles. The number of nitriles is 1. The van der Waals surface area contributed by atoms with E-state index >= 15 is 0 Å². The lowest BCUT2D eigenvalue weighted by atomic mass is 9.95. The molecule has 0 bridgehead atoms. The molecular weight excluding hydrogens is 224 g/mol. The maximum absolute atomic E-state index is 9.29. The lowest BCUT2D eigenvalue weighted by Gasteiger charge is -2.38. The quantitative estimate of drug-likeness (QED) is 0.776. The fourth-order valence-corrected chi connectivity index (χ4v) is 3.02. The van der Waals surface area contributed by atoms with Crippen molar-refractivity contribution >= 4 is 0 Å². The van der Waals surface area contributed by atoms with Gasteiger partial charge in [-0.25, -0.2) is 0 Å². The third-order valence-electron chi connectivity index (χ3n) is 4.68. The third kappa shape index (κ3) is 2.85. The van der Waals surface area contributed by atoms with Crippen molar-refractivity contribution in [1.82, 2.24) is 9.80 Å². The van der Waals surface area contributed by atoms with Gasteiger partial charge in [0.05, 0.1) is 6.07 Å². The number of hydrogen-bond donors (Lipinski definition) is 1. The highest BCUT2D eigenvalue weighted by atomic mass is 15.3. The van der Waals surface area contributed by atoms with Gasteiger partial charge in [0.1, 0.15) is 5.54 Å². The Labute approximate surface area is 110 Å². The Balaban J connectivity index is 1.45. The van der Waals surface area contributed by atoms with Gasteiger partial charge in [0.25, 0.3) is 0 Å². The molecule has 100 valence electrons. The second kappa shape index (κ2) is 4.80. The molecule has 3 rings (SSSR count). The summed E-state index contributed by atoms with van der Waals surface area (Å²) in [7, 11) is 0. The molecular formula is C14H24N4. The topological polar surface area (TPSA) is 56.3 Å². The Morgan fingerprint density at radius 2 is 1.67 bits per heavy atom. The van der Waals surface area contributed by atoms with Crippen LogP contribution >= 0.6 is 0 Å². The van der Waals surface area contributed by atoms with Crippen molar-refractivity contribution < 1.29 is 0 Å². The Morgan fingerprint density at radius 1 is 1.06 bits per heavy atom. The highest BCUT2D eigenvalue weighted by molar-refractivity contribution is 5.14. The number of rotatable bonds is 5. The first-order valence-corrected chi connectivity index (χ1v) is 7.34. The van der Waals surface area contributed by atoms with Crippen LogP contribution < -0.4 is 5.73 Å². The van der Waals surface area contributed by atoms with Crippen LogP contribution in [-0.2, 0) is 0 Å². The van der Waals surface area contributed by atoms with Gasteiger partial charge in [-0.15, -0.1) is 0 Å². The molecule has 0 amide bonds. The molecule has 2 saturated carbocycles. The fourth-order valence-electron chi connectivity index (χ4n) is 3.02. The summed E-state index contributed by atoms with van der Waals surface area (Å²) in [6.07, 6.45) is 5.15. The van der Waals surface area contributed by atoms with E-state index in [-0.39, 0.29) is 0 Å². The van der Waals surface area contributed by atoms with Crippen LogP contribution in [-0.4, -0.2) is 54.6 Å². The Kier molecular flexibility index (Phi) is 3.31. The van der Waals surface area contributed by atoms with Gasteiger partial charge in [-0.1, -0.05) is 0 Å². The molecule has 0 radical (unpaired) electrons. The molecule has 3 fully saturated rings. The summed E-state index contributed by atoms with van der Waals surface area (Å²) in [5.74, 6) is 1.43. The lowest BCUT2D eigenvalue weighted by molar-refractivity contribution is 0.112. The normalized spacial score (nSPS) is 29.8. The fraction of sp³-hybridized carbons (Fsp3) is 0.929. The molecule has 0 spiro atoms. The van der Waals surface area contributed by atoms with Crippen molar-refractivity contribution in [2.75, 3.05) is 39.3 Å². The molecule has 4 heteroatoms. The SMILES string of the molecule is N#CC(N)(CN1CCN(CC2CC2)CC1)C1CC1. The molecule has 4 nitrogen and oxygen atoms in total. The van der Waals surface area contributed by atoms with Crippen LogP contribution in [0.3, 0.4) is 0 Å². The molecule has 3 aliphatic rings. The Morgan fingerprint density at radius 3 is 2.17 bits per heavy atom. The molecule has 1 atom stereocenters. The first-order chi connectivity index (χ1) is 8.69. The zero-order valence-electron chi connectivity index (χ0n) is 11.1. The van der Waals surface area contributed by atoms with Gasteiger partial charge in [-0.3, -0.25) is 4.90 Å². The molecule has 2 N–H and O–H groups in total. The second-order valence-corrected chi connectivity index (χ2v) is 6.45. The Hall–Kier alpha value is -0.630. The maximum atomic E-state index is 9.29. The van der Waals surface area contributed by atoms with Crippen molar-refractivity contribution in [2.24, 2.45) is 17.6 Å². The van der Waals surface area contributed by atoms with E-state index in [1.807, 2.05) is 0 Å². The second-order valence-electron chi connectivity index (χ2n) is 6.45. The van der Waals surface area contributed by atoms with E-state index in [9.17, 15) is 5.26 Å². The molecule has 0 aromatic carbocycles. The lowest BCUT2D eigenvalue weighted by Crippen LogP contribution is -2.56. The summed E-state index contributed by atoms with van der Waals surface area (Å²) in [6, 6.07) is 2.36. The van der Waals surface area contributed by atoms with Gasteiger partial charge >= 0.3 is 0 Å². The van der Waals surface area contributed by atoms with E-state index in [1.54, 1.807) is 0 Å². The summed E-state index contributed by atoms with van der Waals surface area (Å²) < 4.78 is 0. The minimum atomic E-state index is -0.585. The van der Waals surface area contributed by atoms with Gasteiger partial charge in [0.15, 0.2) is 0 Å². The summed E-state index contributed by atoms with van der Waals surface area (Å²) in [5, 5.41) is 9.29. The minimum absolute atomic E-state index is 0.451. The molecule has 2 aliphatic carbocycles. The molecule has 18 heavy (non-hydrogen) atoms. The van der Waals surface area contributed by atoms with E-state index < -0.39 is 5.54 Å². The summed E-state index contributed by atoms with van der Waals surface area (Å²) in [6.45, 7) is 6.54. The van der Waals surface area contributed by atoms with Crippen LogP contribution in [0, 0.1) is 23.2 Å². The summed E-state index contributed by atoms with van der Waals surface area (Å²) >= 11 is 0. The summed E-state index contributed by atoms with van der Waals surface area (Å²) in [5.41, 5.74) is 5.66. The van der Waals surface area contributed by atoms with E-state index in [1.165, 1.54) is 19.4 Å².